The fraction of sp³-hybridized carbons (Fsp3) is 0.346. The third-order valence-electron chi connectivity index (χ3n) is 6.66. The van der Waals surface area contributed by atoms with Crippen LogP contribution in [0.5, 0.6) is 11.5 Å². The number of carbonyl (C=O) groups excluding carboxylic acids is 2. The number of H-pyrrole nitrogens is 1. The molecule has 188 valence electrons. The lowest BCUT2D eigenvalue weighted by Gasteiger charge is -2.24. The largest absolute Gasteiger partial charge is 0.493 e. The lowest BCUT2D eigenvalue weighted by Crippen LogP contribution is -2.37. The van der Waals surface area contributed by atoms with E-state index >= 15 is 0 Å². The Morgan fingerprint density at radius 2 is 2.19 bits per heavy atom. The summed E-state index contributed by atoms with van der Waals surface area (Å²) in [7, 11) is 1.55. The van der Waals surface area contributed by atoms with E-state index in [-0.39, 0.29) is 17.9 Å². The summed E-state index contributed by atoms with van der Waals surface area (Å²) in [6.45, 7) is 3.25. The molecule has 1 saturated heterocycles. The second-order valence-electron chi connectivity index (χ2n) is 8.87. The second kappa shape index (κ2) is 10.1. The van der Waals surface area contributed by atoms with Crippen molar-refractivity contribution in [1.29, 1.82) is 0 Å². The molecule has 2 aliphatic rings. The number of pyridine rings is 1. The normalized spacial score (nSPS) is 16.9. The lowest BCUT2D eigenvalue weighted by molar-refractivity contribution is -0.130. The van der Waals surface area contributed by atoms with Gasteiger partial charge in [0, 0.05) is 43.9 Å². The highest BCUT2D eigenvalue weighted by atomic mass is 35.5. The molecular formula is C26H28ClN5O4. The van der Waals surface area contributed by atoms with Gasteiger partial charge in [0.25, 0.3) is 5.91 Å². The molecular weight excluding hydrogens is 482 g/mol. The molecule has 0 aliphatic carbocycles. The van der Waals surface area contributed by atoms with Crippen molar-refractivity contribution in [1.82, 2.24) is 20.2 Å². The number of rotatable bonds is 7. The number of hydrogen-bond acceptors (Lipinski definition) is 6. The van der Waals surface area contributed by atoms with Crippen molar-refractivity contribution in [2.24, 2.45) is 0 Å². The Kier molecular flexibility index (Phi) is 6.73. The van der Waals surface area contributed by atoms with Gasteiger partial charge in [-0.25, -0.2) is 0 Å². The summed E-state index contributed by atoms with van der Waals surface area (Å²) < 4.78 is 11.8. The number of likely N-dealkylation sites (tertiary alicyclic amines) is 1. The molecule has 2 amide bonds. The van der Waals surface area contributed by atoms with Crippen LogP contribution in [0.3, 0.4) is 0 Å². The van der Waals surface area contributed by atoms with Gasteiger partial charge < -0.3 is 30.0 Å². The number of para-hydroxylation sites is 1. The summed E-state index contributed by atoms with van der Waals surface area (Å²) in [6.07, 6.45) is 5.86. The Bertz CT molecular complexity index is 1310. The minimum atomic E-state index is -0.165. The first-order chi connectivity index (χ1) is 17.5. The van der Waals surface area contributed by atoms with Gasteiger partial charge in [-0.2, -0.15) is 0 Å². The Hall–Kier alpha value is -3.72. The van der Waals surface area contributed by atoms with Gasteiger partial charge in [0.2, 0.25) is 5.91 Å². The van der Waals surface area contributed by atoms with E-state index in [1.54, 1.807) is 32.5 Å². The van der Waals surface area contributed by atoms with Crippen molar-refractivity contribution in [2.45, 2.75) is 32.2 Å². The van der Waals surface area contributed by atoms with Gasteiger partial charge in [0.1, 0.15) is 12.4 Å². The Balaban J connectivity index is 1.54. The fourth-order valence-electron chi connectivity index (χ4n) is 4.97. The number of amides is 2. The van der Waals surface area contributed by atoms with Crippen LogP contribution < -0.4 is 20.1 Å². The van der Waals surface area contributed by atoms with Crippen LogP contribution in [-0.2, 0) is 11.2 Å². The first kappa shape index (κ1) is 24.0. The molecule has 0 spiro atoms. The maximum absolute atomic E-state index is 12.9. The van der Waals surface area contributed by atoms with Gasteiger partial charge in [0.15, 0.2) is 5.75 Å². The number of fused-ring (bicyclic) bond motifs is 1. The molecule has 1 unspecified atom stereocenters. The van der Waals surface area contributed by atoms with E-state index in [9.17, 15) is 9.59 Å². The van der Waals surface area contributed by atoms with E-state index < -0.39 is 0 Å². The van der Waals surface area contributed by atoms with Crippen molar-refractivity contribution in [2.75, 3.05) is 32.1 Å². The average Bonchev–Trinajstić information content (AvgIpc) is 3.49. The number of anilines is 2. The number of ether oxygens (including phenoxy) is 2. The summed E-state index contributed by atoms with van der Waals surface area (Å²) in [4.78, 5) is 34.5. The molecule has 4 heterocycles. The minimum absolute atomic E-state index is 0.0199. The summed E-state index contributed by atoms with van der Waals surface area (Å²) in [6, 6.07) is 7.27. The van der Waals surface area contributed by atoms with E-state index in [0.717, 1.165) is 30.6 Å². The predicted molar refractivity (Wildman–Crippen MR) is 137 cm³/mol. The summed E-state index contributed by atoms with van der Waals surface area (Å²) in [5.74, 6) is 0.931. The number of aromatic nitrogens is 2. The number of halogens is 1. The molecule has 3 aromatic rings. The van der Waals surface area contributed by atoms with Crippen LogP contribution >= 0.6 is 11.6 Å². The highest BCUT2D eigenvalue weighted by Crippen LogP contribution is 2.43. The number of nitrogens with zero attached hydrogens (tertiary/aromatic N) is 2. The molecule has 2 aromatic heterocycles. The van der Waals surface area contributed by atoms with Crippen LogP contribution in [0.4, 0.5) is 11.4 Å². The SMILES string of the molecule is COc1c(Cl)cccc1Nc1c(-c2ccncc2OCC2CCCN2C(C)=O)[nH]c2c1C(=O)NCC2. The number of hydrogen-bond donors (Lipinski definition) is 3. The average molecular weight is 510 g/mol. The van der Waals surface area contributed by atoms with Gasteiger partial charge in [-0.05, 0) is 31.0 Å². The highest BCUT2D eigenvalue weighted by Gasteiger charge is 2.30. The molecule has 2 aliphatic heterocycles. The first-order valence-corrected chi connectivity index (χ1v) is 12.3. The monoisotopic (exact) mass is 509 g/mol. The Morgan fingerprint density at radius 3 is 3.00 bits per heavy atom. The van der Waals surface area contributed by atoms with Crippen molar-refractivity contribution in [3.63, 3.8) is 0 Å². The maximum Gasteiger partial charge on any atom is 0.255 e. The molecule has 0 saturated carbocycles. The van der Waals surface area contributed by atoms with Crippen LogP contribution in [0, 0.1) is 0 Å². The van der Waals surface area contributed by atoms with Crippen LogP contribution in [0.1, 0.15) is 35.8 Å². The quantitative estimate of drug-likeness (QED) is 0.441. The van der Waals surface area contributed by atoms with Gasteiger partial charge in [0.05, 0.1) is 47.0 Å². The number of methoxy groups -OCH3 is 1. The van der Waals surface area contributed by atoms with Crippen LogP contribution in [0.15, 0.2) is 36.7 Å². The molecule has 36 heavy (non-hydrogen) atoms. The zero-order chi connectivity index (χ0) is 25.2. The third-order valence-corrected chi connectivity index (χ3v) is 6.96. The van der Waals surface area contributed by atoms with E-state index in [1.165, 1.54) is 0 Å². The molecule has 3 N–H and O–H groups in total. The predicted octanol–water partition coefficient (Wildman–Crippen LogP) is 4.16. The smallest absolute Gasteiger partial charge is 0.255 e. The first-order valence-electron chi connectivity index (χ1n) is 11.9. The number of carbonyl (C=O) groups is 2. The third kappa shape index (κ3) is 4.46. The highest BCUT2D eigenvalue weighted by molar-refractivity contribution is 6.32. The molecule has 1 aromatic carbocycles. The van der Waals surface area contributed by atoms with E-state index in [2.05, 4.69) is 20.6 Å². The Labute approximate surface area is 214 Å². The maximum atomic E-state index is 12.9. The molecule has 5 rings (SSSR count). The van der Waals surface area contributed by atoms with Crippen molar-refractivity contribution in [3.8, 4) is 22.8 Å². The molecule has 9 nitrogen and oxygen atoms in total. The van der Waals surface area contributed by atoms with Crippen LogP contribution in [-0.4, -0.2) is 59.5 Å². The van der Waals surface area contributed by atoms with Crippen molar-refractivity contribution >= 4 is 34.8 Å². The minimum Gasteiger partial charge on any atom is -0.493 e. The zero-order valence-electron chi connectivity index (χ0n) is 20.2. The lowest BCUT2D eigenvalue weighted by atomic mass is 10.0. The number of nitrogens with one attached hydrogen (secondary N) is 3. The summed E-state index contributed by atoms with van der Waals surface area (Å²) in [5.41, 5.74) is 4.06. The van der Waals surface area contributed by atoms with E-state index in [4.69, 9.17) is 21.1 Å². The Morgan fingerprint density at radius 1 is 1.33 bits per heavy atom. The molecule has 0 bridgehead atoms. The number of aromatic amines is 1. The summed E-state index contributed by atoms with van der Waals surface area (Å²) in [5, 5.41) is 6.77. The van der Waals surface area contributed by atoms with Crippen LogP contribution in [0.2, 0.25) is 5.02 Å². The van der Waals surface area contributed by atoms with Gasteiger partial charge >= 0.3 is 0 Å². The molecule has 10 heteroatoms. The van der Waals surface area contributed by atoms with Gasteiger partial charge in [-0.1, -0.05) is 17.7 Å². The molecule has 1 fully saturated rings. The molecule has 0 radical (unpaired) electrons. The van der Waals surface area contributed by atoms with Crippen LogP contribution in [0.25, 0.3) is 11.3 Å². The standard InChI is InChI=1S/C26H28ClN5O4/c1-15(33)32-12-4-5-16(32)14-36-21-13-28-10-8-17(21)23-24(22-19(30-23)9-11-29-26(22)34)31-20-7-3-6-18(27)25(20)35-2/h3,6-8,10,13,16,30-31H,4-5,9,11-12,14H2,1-2H3,(H,29,34). The van der Waals surface area contributed by atoms with Crippen molar-refractivity contribution in [3.05, 3.63) is 52.9 Å². The number of benzene rings is 1. The molecule has 1 atom stereocenters. The zero-order valence-corrected chi connectivity index (χ0v) is 20.9. The van der Waals surface area contributed by atoms with E-state index in [1.807, 2.05) is 23.1 Å². The van der Waals surface area contributed by atoms with E-state index in [0.29, 0.717) is 58.7 Å². The van der Waals surface area contributed by atoms with Gasteiger partial charge in [-0.15, -0.1) is 0 Å². The topological polar surface area (TPSA) is 109 Å². The van der Waals surface area contributed by atoms with Gasteiger partial charge in [-0.3, -0.25) is 14.6 Å². The van der Waals surface area contributed by atoms with Crippen molar-refractivity contribution < 1.29 is 19.1 Å². The summed E-state index contributed by atoms with van der Waals surface area (Å²) >= 11 is 6.35. The second-order valence-corrected chi connectivity index (χ2v) is 9.28. The fourth-order valence-corrected chi connectivity index (χ4v) is 5.22.